The number of nitrogens with zero attached hydrogens (tertiary/aromatic N) is 4. The van der Waals surface area contributed by atoms with Crippen molar-refractivity contribution in [2.24, 2.45) is 5.73 Å². The SMILES string of the molecule is CSC(C)C(Cc1ccc2c(c1)OCO2)(Nc1cc(Cl)nc(-n2ccnc2)n1)C(N)=O. The lowest BCUT2D eigenvalue weighted by molar-refractivity contribution is -0.122. The van der Waals surface area contributed by atoms with Crippen LogP contribution in [0.2, 0.25) is 5.15 Å². The van der Waals surface area contributed by atoms with Gasteiger partial charge in [-0.05, 0) is 24.0 Å². The lowest BCUT2D eigenvalue weighted by Crippen LogP contribution is -2.58. The van der Waals surface area contributed by atoms with Crippen LogP contribution < -0.4 is 20.5 Å². The van der Waals surface area contributed by atoms with Crippen LogP contribution in [0.25, 0.3) is 5.95 Å². The van der Waals surface area contributed by atoms with Crippen molar-refractivity contribution in [1.29, 1.82) is 0 Å². The molecule has 3 N–H and O–H groups in total. The number of thioether (sulfide) groups is 1. The van der Waals surface area contributed by atoms with E-state index in [9.17, 15) is 4.79 Å². The number of fused-ring (bicyclic) bond motifs is 1. The highest BCUT2D eigenvalue weighted by Gasteiger charge is 2.43. The Morgan fingerprint density at radius 2 is 2.16 bits per heavy atom. The second-order valence-corrected chi connectivity index (χ2v) is 8.61. The van der Waals surface area contributed by atoms with E-state index in [2.05, 4.69) is 20.3 Å². The smallest absolute Gasteiger partial charge is 0.244 e. The van der Waals surface area contributed by atoms with Crippen LogP contribution in [0.4, 0.5) is 5.82 Å². The molecule has 3 aromatic rings. The first-order valence-corrected chi connectivity index (χ1v) is 11.1. The molecule has 1 aliphatic heterocycles. The van der Waals surface area contributed by atoms with Gasteiger partial charge in [-0.15, -0.1) is 0 Å². The fourth-order valence-electron chi connectivity index (χ4n) is 3.40. The van der Waals surface area contributed by atoms with E-state index >= 15 is 0 Å². The molecule has 0 fully saturated rings. The average molecular weight is 461 g/mol. The van der Waals surface area contributed by atoms with Gasteiger partial charge < -0.3 is 20.5 Å². The number of carbonyl (C=O) groups excluding carboxylic acids is 1. The van der Waals surface area contributed by atoms with Crippen LogP contribution in [0.5, 0.6) is 11.5 Å². The maximum atomic E-state index is 12.9. The van der Waals surface area contributed by atoms with E-state index < -0.39 is 11.4 Å². The molecule has 0 radical (unpaired) electrons. The molecule has 9 nitrogen and oxygen atoms in total. The normalized spacial score (nSPS) is 15.3. The van der Waals surface area contributed by atoms with Crippen LogP contribution in [0.15, 0.2) is 43.0 Å². The summed E-state index contributed by atoms with van der Waals surface area (Å²) in [7, 11) is 0. The molecule has 162 valence electrons. The summed E-state index contributed by atoms with van der Waals surface area (Å²) in [6, 6.07) is 7.14. The molecule has 0 saturated carbocycles. The molecular weight excluding hydrogens is 440 g/mol. The second kappa shape index (κ2) is 8.64. The Balaban J connectivity index is 1.72. The van der Waals surface area contributed by atoms with Gasteiger partial charge in [-0.3, -0.25) is 9.36 Å². The molecule has 2 unspecified atom stereocenters. The van der Waals surface area contributed by atoms with Gasteiger partial charge in [0.15, 0.2) is 11.5 Å². The number of amides is 1. The van der Waals surface area contributed by atoms with Crippen molar-refractivity contribution in [1.82, 2.24) is 19.5 Å². The van der Waals surface area contributed by atoms with Crippen molar-refractivity contribution in [2.45, 2.75) is 24.1 Å². The van der Waals surface area contributed by atoms with Crippen molar-refractivity contribution in [3.63, 3.8) is 0 Å². The van der Waals surface area contributed by atoms with Crippen LogP contribution in [0.1, 0.15) is 12.5 Å². The second-order valence-electron chi connectivity index (χ2n) is 7.05. The molecule has 0 spiro atoms. The molecule has 1 aliphatic rings. The quantitative estimate of drug-likeness (QED) is 0.493. The zero-order valence-corrected chi connectivity index (χ0v) is 18.5. The van der Waals surface area contributed by atoms with Crippen molar-refractivity contribution in [3.05, 3.63) is 53.7 Å². The Bertz CT molecular complexity index is 1100. The lowest BCUT2D eigenvalue weighted by atomic mass is 9.86. The molecule has 2 aromatic heterocycles. The van der Waals surface area contributed by atoms with E-state index in [4.69, 9.17) is 26.8 Å². The summed E-state index contributed by atoms with van der Waals surface area (Å²) in [6.07, 6.45) is 7.11. The van der Waals surface area contributed by atoms with E-state index in [0.717, 1.165) is 5.56 Å². The maximum absolute atomic E-state index is 12.9. The third-order valence-corrected chi connectivity index (χ3v) is 6.48. The highest BCUT2D eigenvalue weighted by molar-refractivity contribution is 7.99. The minimum absolute atomic E-state index is 0.176. The molecule has 0 saturated heterocycles. The minimum atomic E-state index is -1.16. The first kappa shape index (κ1) is 21.3. The largest absolute Gasteiger partial charge is 0.454 e. The number of aromatic nitrogens is 4. The standard InChI is InChI=1S/C20H21ClN6O3S/c1-12(31-2)20(18(22)28,9-13-3-4-14-15(7-13)30-11-29-14)26-17-8-16(21)24-19(25-17)27-6-5-23-10-27/h3-8,10,12H,9,11H2,1-2H3,(H2,22,28)(H,24,25,26). The number of nitrogens with one attached hydrogen (secondary N) is 1. The van der Waals surface area contributed by atoms with Crippen molar-refractivity contribution < 1.29 is 14.3 Å². The topological polar surface area (TPSA) is 117 Å². The van der Waals surface area contributed by atoms with Gasteiger partial charge in [-0.2, -0.15) is 16.7 Å². The number of anilines is 1. The van der Waals surface area contributed by atoms with Gasteiger partial charge in [0, 0.05) is 30.1 Å². The van der Waals surface area contributed by atoms with Crippen LogP contribution in [-0.4, -0.2) is 49.3 Å². The third-order valence-electron chi connectivity index (χ3n) is 5.18. The van der Waals surface area contributed by atoms with Gasteiger partial charge in [0.2, 0.25) is 18.6 Å². The highest BCUT2D eigenvalue weighted by Crippen LogP contribution is 2.36. The van der Waals surface area contributed by atoms with Gasteiger partial charge in [-0.25, -0.2) is 9.97 Å². The Morgan fingerprint density at radius 1 is 1.35 bits per heavy atom. The van der Waals surface area contributed by atoms with E-state index in [1.807, 2.05) is 31.4 Å². The van der Waals surface area contributed by atoms with Crippen LogP contribution in [0, 0.1) is 0 Å². The van der Waals surface area contributed by atoms with Gasteiger partial charge in [-0.1, -0.05) is 24.6 Å². The summed E-state index contributed by atoms with van der Waals surface area (Å²) in [5, 5.41) is 3.29. The summed E-state index contributed by atoms with van der Waals surface area (Å²) in [4.78, 5) is 25.6. The summed E-state index contributed by atoms with van der Waals surface area (Å²) in [6.45, 7) is 2.12. The molecule has 4 rings (SSSR count). The molecule has 1 aromatic carbocycles. The molecule has 3 heterocycles. The number of imidazole rings is 1. The van der Waals surface area contributed by atoms with Gasteiger partial charge in [0.25, 0.3) is 0 Å². The molecule has 2 atom stereocenters. The predicted molar refractivity (Wildman–Crippen MR) is 119 cm³/mol. The number of primary amides is 1. The molecule has 0 bridgehead atoms. The average Bonchev–Trinajstić information content (AvgIpc) is 3.43. The summed E-state index contributed by atoms with van der Waals surface area (Å²) in [5.74, 6) is 1.51. The minimum Gasteiger partial charge on any atom is -0.454 e. The van der Waals surface area contributed by atoms with Gasteiger partial charge in [0.1, 0.15) is 22.8 Å². The molecule has 1 amide bonds. The number of rotatable bonds is 8. The number of nitrogens with two attached hydrogens (primary N) is 1. The van der Waals surface area contributed by atoms with Gasteiger partial charge >= 0.3 is 0 Å². The third kappa shape index (κ3) is 4.26. The fourth-order valence-corrected chi connectivity index (χ4v) is 4.24. The van der Waals surface area contributed by atoms with Crippen LogP contribution >= 0.6 is 23.4 Å². The monoisotopic (exact) mass is 460 g/mol. The van der Waals surface area contributed by atoms with Crippen molar-refractivity contribution in [2.75, 3.05) is 18.4 Å². The fraction of sp³-hybridized carbons (Fsp3) is 0.300. The first-order valence-electron chi connectivity index (χ1n) is 9.43. The molecule has 0 aliphatic carbocycles. The number of ether oxygens (including phenoxy) is 2. The number of hydrogen-bond donors (Lipinski definition) is 2. The zero-order chi connectivity index (χ0) is 22.0. The maximum Gasteiger partial charge on any atom is 0.244 e. The first-order chi connectivity index (χ1) is 14.9. The Labute approximate surface area is 188 Å². The van der Waals surface area contributed by atoms with Crippen LogP contribution in [0.3, 0.4) is 0 Å². The highest BCUT2D eigenvalue weighted by atomic mass is 35.5. The van der Waals surface area contributed by atoms with Crippen molar-refractivity contribution >= 4 is 35.1 Å². The molecule has 31 heavy (non-hydrogen) atoms. The van der Waals surface area contributed by atoms with E-state index in [0.29, 0.717) is 29.7 Å². The molecular formula is C20H21ClN6O3S. The number of hydrogen-bond acceptors (Lipinski definition) is 8. The Hall–Kier alpha value is -2.98. The number of benzene rings is 1. The van der Waals surface area contributed by atoms with E-state index in [1.54, 1.807) is 29.4 Å². The molecule has 11 heteroatoms. The zero-order valence-electron chi connectivity index (χ0n) is 16.9. The summed E-state index contributed by atoms with van der Waals surface area (Å²) < 4.78 is 12.5. The Kier molecular flexibility index (Phi) is 5.92. The predicted octanol–water partition coefficient (Wildman–Crippen LogP) is 2.67. The summed E-state index contributed by atoms with van der Waals surface area (Å²) in [5.41, 5.74) is 5.68. The van der Waals surface area contributed by atoms with Crippen molar-refractivity contribution in [3.8, 4) is 17.4 Å². The van der Waals surface area contributed by atoms with E-state index in [-0.39, 0.29) is 17.2 Å². The lowest BCUT2D eigenvalue weighted by Gasteiger charge is -2.37. The van der Waals surface area contributed by atoms with Gasteiger partial charge in [0.05, 0.1) is 0 Å². The van der Waals surface area contributed by atoms with E-state index in [1.165, 1.54) is 11.8 Å². The van der Waals surface area contributed by atoms with Crippen LogP contribution in [-0.2, 0) is 11.2 Å². The number of carbonyl (C=O) groups is 1. The summed E-state index contributed by atoms with van der Waals surface area (Å²) >= 11 is 7.76. The number of halogens is 1. The Morgan fingerprint density at radius 3 is 2.87 bits per heavy atom.